The van der Waals surface area contributed by atoms with Crippen LogP contribution in [0, 0.1) is 11.8 Å². The number of hydrogen-bond acceptors (Lipinski definition) is 8. The van der Waals surface area contributed by atoms with Crippen LogP contribution >= 0.6 is 0 Å². The number of benzene rings is 1. The van der Waals surface area contributed by atoms with Gasteiger partial charge in [0.2, 0.25) is 5.91 Å². The summed E-state index contributed by atoms with van der Waals surface area (Å²) in [4.78, 5) is 21.6. The Bertz CT molecular complexity index is 993. The van der Waals surface area contributed by atoms with E-state index in [1.807, 2.05) is 0 Å². The number of nitrogens with zero attached hydrogens (tertiary/aromatic N) is 3. The molecule has 0 bridgehead atoms. The summed E-state index contributed by atoms with van der Waals surface area (Å²) in [5.74, 6) is 2.10. The zero-order valence-electron chi connectivity index (χ0n) is 31.5. The number of rotatable bonds is 25. The van der Waals surface area contributed by atoms with Gasteiger partial charge in [-0.2, -0.15) is 0 Å². The molecule has 9 heteroatoms. The minimum Gasteiger partial charge on any atom is -0.339 e. The van der Waals surface area contributed by atoms with Gasteiger partial charge in [0.15, 0.2) is 0 Å². The van der Waals surface area contributed by atoms with Crippen LogP contribution in [-0.2, 0) is 4.79 Å². The first-order chi connectivity index (χ1) is 24.0. The van der Waals surface area contributed by atoms with Crippen molar-refractivity contribution in [2.75, 3.05) is 90.1 Å². The molecule has 1 aromatic carbocycles. The second-order valence-corrected chi connectivity index (χ2v) is 15.5. The van der Waals surface area contributed by atoms with E-state index in [-0.39, 0.29) is 5.54 Å². The Morgan fingerprint density at radius 2 is 1.27 bits per heavy atom. The molecule has 0 atom stereocenters. The highest BCUT2D eigenvalue weighted by atomic mass is 16.2. The number of likely N-dealkylation sites (tertiary alicyclic amines) is 1. The van der Waals surface area contributed by atoms with Gasteiger partial charge in [0.25, 0.3) is 0 Å². The van der Waals surface area contributed by atoms with Gasteiger partial charge in [0, 0.05) is 70.6 Å². The number of piperidine rings is 1. The number of anilines is 1. The largest absolute Gasteiger partial charge is 0.339 e. The molecular weight excluding hydrogens is 608 g/mol. The van der Waals surface area contributed by atoms with Crippen molar-refractivity contribution in [3.8, 4) is 0 Å². The summed E-state index contributed by atoms with van der Waals surface area (Å²) < 4.78 is 0. The fourth-order valence-corrected chi connectivity index (χ4v) is 8.50. The van der Waals surface area contributed by atoms with E-state index < -0.39 is 0 Å². The summed E-state index contributed by atoms with van der Waals surface area (Å²) in [7, 11) is 0. The lowest BCUT2D eigenvalue weighted by molar-refractivity contribution is -0.134. The lowest BCUT2D eigenvalue weighted by Gasteiger charge is -2.47. The molecule has 9 nitrogen and oxygen atoms in total. The molecule has 4 rings (SSSR count). The second kappa shape index (κ2) is 22.9. The van der Waals surface area contributed by atoms with Crippen molar-refractivity contribution in [2.45, 2.75) is 115 Å². The summed E-state index contributed by atoms with van der Waals surface area (Å²) in [6.07, 6.45) is 17.3. The summed E-state index contributed by atoms with van der Waals surface area (Å²) in [5.41, 5.74) is 6.32. The van der Waals surface area contributed by atoms with Crippen molar-refractivity contribution in [3.63, 3.8) is 0 Å². The molecule has 0 radical (unpaired) electrons. The van der Waals surface area contributed by atoms with Gasteiger partial charge in [0.05, 0.1) is 6.67 Å². The lowest BCUT2D eigenvalue weighted by Crippen LogP contribution is -2.58. The van der Waals surface area contributed by atoms with Crippen molar-refractivity contribution in [2.24, 2.45) is 17.6 Å². The Balaban J connectivity index is 1.04. The van der Waals surface area contributed by atoms with Gasteiger partial charge >= 0.3 is 0 Å². The van der Waals surface area contributed by atoms with Gasteiger partial charge < -0.3 is 41.7 Å². The normalized spacial score (nSPS) is 21.4. The Morgan fingerprint density at radius 1 is 0.714 bits per heavy atom. The van der Waals surface area contributed by atoms with Crippen molar-refractivity contribution >= 4 is 11.6 Å². The van der Waals surface area contributed by atoms with Crippen molar-refractivity contribution in [3.05, 3.63) is 30.3 Å². The van der Waals surface area contributed by atoms with E-state index in [9.17, 15) is 4.79 Å². The number of nitrogens with two attached hydrogens (primary N) is 1. The highest BCUT2D eigenvalue weighted by Gasteiger charge is 2.54. The molecule has 0 unspecified atom stereocenters. The van der Waals surface area contributed by atoms with Crippen LogP contribution < -0.4 is 31.9 Å². The van der Waals surface area contributed by atoms with E-state index in [1.54, 1.807) is 0 Å². The summed E-state index contributed by atoms with van der Waals surface area (Å²) in [5, 5.41) is 13.9. The predicted octanol–water partition coefficient (Wildman–Crippen LogP) is 4.78. The van der Waals surface area contributed by atoms with Crippen LogP contribution in [0.1, 0.15) is 104 Å². The molecule has 6 N–H and O–H groups in total. The van der Waals surface area contributed by atoms with Gasteiger partial charge in [-0.1, -0.05) is 64.2 Å². The van der Waals surface area contributed by atoms with E-state index in [0.717, 1.165) is 110 Å². The number of carbonyl (C=O) groups is 1. The van der Waals surface area contributed by atoms with Crippen LogP contribution in [0.5, 0.6) is 0 Å². The second-order valence-electron chi connectivity index (χ2n) is 15.5. The maximum Gasteiger partial charge on any atom is 0.250 e. The van der Waals surface area contributed by atoms with Crippen molar-refractivity contribution in [1.82, 2.24) is 31.1 Å². The Kier molecular flexibility index (Phi) is 18.7. The van der Waals surface area contributed by atoms with Crippen LogP contribution in [-0.4, -0.2) is 112 Å². The molecular formula is C40H74N8O. The van der Waals surface area contributed by atoms with E-state index in [4.69, 9.17) is 5.73 Å². The number of amides is 1. The third-order valence-electron chi connectivity index (χ3n) is 11.7. The standard InChI is InChI=1S/C40H74N8O/c1-35(2)36-16-18-37(19-17-36)46-32-20-40(21-33-46)39(49)47(34-48(40)38-14-9-8-10-15-38)31-12-7-5-3-4-6-11-23-42-24-13-25-43-27-29-45-30-28-44-26-22-41/h8-10,14-15,35-37,42-45H,3-7,11-13,16-34,41H2,1-2H3/t36-,37+. The average molecular weight is 683 g/mol. The Labute approximate surface area is 300 Å². The summed E-state index contributed by atoms with van der Waals surface area (Å²) in [6.45, 7) is 17.4. The lowest BCUT2D eigenvalue weighted by atomic mass is 9.78. The maximum atomic E-state index is 14.2. The molecule has 1 aromatic rings. The highest BCUT2D eigenvalue weighted by molar-refractivity contribution is 5.93. The third kappa shape index (κ3) is 13.1. The monoisotopic (exact) mass is 683 g/mol. The van der Waals surface area contributed by atoms with Gasteiger partial charge in [-0.25, -0.2) is 0 Å². The van der Waals surface area contributed by atoms with Gasteiger partial charge in [-0.3, -0.25) is 4.79 Å². The minimum atomic E-state index is -0.364. The SMILES string of the molecule is CC(C)[C@H]1CC[C@@H](N2CCC3(CC2)C(=O)N(CCCCCCCCCNCCCNCCNCCNCCN)CN3c2ccccc2)CC1. The molecule has 2 aliphatic heterocycles. The number of para-hydroxylation sites is 1. The molecule has 49 heavy (non-hydrogen) atoms. The van der Waals surface area contributed by atoms with Crippen LogP contribution in [0.15, 0.2) is 30.3 Å². The molecule has 1 saturated carbocycles. The minimum absolute atomic E-state index is 0.364. The molecule has 2 saturated heterocycles. The van der Waals surface area contributed by atoms with Crippen LogP contribution in [0.4, 0.5) is 5.69 Å². The zero-order chi connectivity index (χ0) is 34.6. The zero-order valence-corrected chi connectivity index (χ0v) is 31.5. The Hall–Kier alpha value is -1.75. The van der Waals surface area contributed by atoms with Crippen LogP contribution in [0.2, 0.25) is 0 Å². The Morgan fingerprint density at radius 3 is 1.90 bits per heavy atom. The molecule has 0 aromatic heterocycles. The quantitative estimate of drug-likeness (QED) is 0.0941. The molecule has 1 spiro atoms. The first-order valence-corrected chi connectivity index (χ1v) is 20.4. The molecule has 280 valence electrons. The van der Waals surface area contributed by atoms with E-state index in [2.05, 4.69) is 80.1 Å². The molecule has 3 aliphatic rings. The topological polar surface area (TPSA) is 101 Å². The van der Waals surface area contributed by atoms with Crippen molar-refractivity contribution < 1.29 is 4.79 Å². The highest BCUT2D eigenvalue weighted by Crippen LogP contribution is 2.41. The fraction of sp³-hybridized carbons (Fsp3) is 0.825. The number of carbonyl (C=O) groups excluding carboxylic acids is 1. The molecule has 1 aliphatic carbocycles. The number of nitrogens with one attached hydrogen (secondary N) is 4. The van der Waals surface area contributed by atoms with Gasteiger partial charge in [-0.15, -0.1) is 0 Å². The number of unbranched alkanes of at least 4 members (excludes halogenated alkanes) is 6. The van der Waals surface area contributed by atoms with Gasteiger partial charge in [-0.05, 0) is 101 Å². The van der Waals surface area contributed by atoms with Crippen LogP contribution in [0.3, 0.4) is 0 Å². The first kappa shape index (κ1) is 40.0. The number of hydrogen-bond donors (Lipinski definition) is 5. The van der Waals surface area contributed by atoms with E-state index in [1.165, 1.54) is 76.3 Å². The maximum absolute atomic E-state index is 14.2. The molecule has 3 fully saturated rings. The fourth-order valence-electron chi connectivity index (χ4n) is 8.50. The first-order valence-electron chi connectivity index (χ1n) is 20.4. The van der Waals surface area contributed by atoms with Gasteiger partial charge in [0.1, 0.15) is 5.54 Å². The van der Waals surface area contributed by atoms with E-state index >= 15 is 0 Å². The van der Waals surface area contributed by atoms with Crippen LogP contribution in [0.25, 0.3) is 0 Å². The van der Waals surface area contributed by atoms with E-state index in [0.29, 0.717) is 18.5 Å². The third-order valence-corrected chi connectivity index (χ3v) is 11.7. The summed E-state index contributed by atoms with van der Waals surface area (Å²) in [6, 6.07) is 11.5. The average Bonchev–Trinajstić information content (AvgIpc) is 3.39. The molecule has 2 heterocycles. The summed E-state index contributed by atoms with van der Waals surface area (Å²) >= 11 is 0. The predicted molar refractivity (Wildman–Crippen MR) is 207 cm³/mol. The van der Waals surface area contributed by atoms with Crippen molar-refractivity contribution in [1.29, 1.82) is 0 Å². The smallest absolute Gasteiger partial charge is 0.250 e. The molecule has 1 amide bonds.